The first kappa shape index (κ1) is 17.9. The number of nitrogens with zero attached hydrogens (tertiary/aromatic N) is 1. The second-order valence-electron chi connectivity index (χ2n) is 6.81. The molecular formula is C18H22N4O4. The standard InChI is InChI=1S/C18H22N4O4/c1-12-7-5-6-10-18(12)15(24)22(17(26)21-18)11-14(23)20-16(25)19-13-8-3-2-4-9-13/h2-4,8-9,12H,5-7,10-11H2,1H3,(H,21,26)(H2,19,20,23,25)/t12-,18-/m0/s1. The van der Waals surface area contributed by atoms with Crippen molar-refractivity contribution in [2.24, 2.45) is 5.92 Å². The predicted octanol–water partition coefficient (Wildman–Crippen LogP) is 1.84. The Hall–Kier alpha value is -2.90. The van der Waals surface area contributed by atoms with E-state index in [1.165, 1.54) is 0 Å². The van der Waals surface area contributed by atoms with Crippen LogP contribution in [0.3, 0.4) is 0 Å². The number of nitrogens with one attached hydrogen (secondary N) is 3. The van der Waals surface area contributed by atoms with E-state index in [1.54, 1.807) is 30.3 Å². The molecule has 1 heterocycles. The minimum absolute atomic E-state index is 0.0159. The number of hydrogen-bond acceptors (Lipinski definition) is 4. The van der Waals surface area contributed by atoms with Gasteiger partial charge in [0.1, 0.15) is 12.1 Å². The lowest BCUT2D eigenvalue weighted by atomic mass is 9.73. The lowest BCUT2D eigenvalue weighted by Crippen LogP contribution is -2.54. The van der Waals surface area contributed by atoms with Crippen molar-refractivity contribution < 1.29 is 19.2 Å². The van der Waals surface area contributed by atoms with E-state index in [9.17, 15) is 19.2 Å². The Bertz CT molecular complexity index is 736. The fourth-order valence-electron chi connectivity index (χ4n) is 3.63. The summed E-state index contributed by atoms with van der Waals surface area (Å²) in [7, 11) is 0. The number of para-hydroxylation sites is 1. The topological polar surface area (TPSA) is 108 Å². The van der Waals surface area contributed by atoms with Crippen LogP contribution in [0.2, 0.25) is 0 Å². The van der Waals surface area contributed by atoms with Crippen molar-refractivity contribution in [1.29, 1.82) is 0 Å². The zero-order valence-electron chi connectivity index (χ0n) is 14.6. The molecule has 0 bridgehead atoms. The summed E-state index contributed by atoms with van der Waals surface area (Å²) in [5.74, 6) is -1.09. The van der Waals surface area contributed by atoms with E-state index in [0.29, 0.717) is 12.1 Å². The van der Waals surface area contributed by atoms with Crippen molar-refractivity contribution in [1.82, 2.24) is 15.5 Å². The first-order chi connectivity index (χ1) is 12.4. The van der Waals surface area contributed by atoms with Gasteiger partial charge in [0.25, 0.3) is 5.91 Å². The van der Waals surface area contributed by atoms with E-state index >= 15 is 0 Å². The highest BCUT2D eigenvalue weighted by Crippen LogP contribution is 2.38. The number of benzene rings is 1. The number of carbonyl (C=O) groups excluding carboxylic acids is 4. The van der Waals surface area contributed by atoms with Gasteiger partial charge in [-0.25, -0.2) is 9.59 Å². The van der Waals surface area contributed by atoms with Gasteiger partial charge in [-0.1, -0.05) is 38.0 Å². The number of anilines is 1. The Kier molecular flexibility index (Phi) is 4.92. The second kappa shape index (κ2) is 7.15. The molecule has 3 N–H and O–H groups in total. The van der Waals surface area contributed by atoms with E-state index in [0.717, 1.165) is 24.2 Å². The van der Waals surface area contributed by atoms with Gasteiger partial charge in [-0.15, -0.1) is 0 Å². The summed E-state index contributed by atoms with van der Waals surface area (Å²) in [6.07, 6.45) is 3.30. The van der Waals surface area contributed by atoms with Crippen LogP contribution in [0.5, 0.6) is 0 Å². The lowest BCUT2D eigenvalue weighted by Gasteiger charge is -2.36. The highest BCUT2D eigenvalue weighted by Gasteiger charge is 2.55. The number of urea groups is 2. The average molecular weight is 358 g/mol. The third-order valence-corrected chi connectivity index (χ3v) is 5.09. The molecule has 1 aliphatic heterocycles. The van der Waals surface area contributed by atoms with Gasteiger partial charge in [0.05, 0.1) is 0 Å². The molecule has 1 aromatic carbocycles. The van der Waals surface area contributed by atoms with Crippen LogP contribution in [-0.4, -0.2) is 40.9 Å². The predicted molar refractivity (Wildman–Crippen MR) is 94.2 cm³/mol. The molecule has 8 heteroatoms. The molecule has 2 aliphatic rings. The Morgan fingerprint density at radius 2 is 1.96 bits per heavy atom. The van der Waals surface area contributed by atoms with Gasteiger partial charge >= 0.3 is 12.1 Å². The number of amides is 6. The largest absolute Gasteiger partial charge is 0.325 e. The third kappa shape index (κ3) is 3.40. The van der Waals surface area contributed by atoms with Gasteiger partial charge < -0.3 is 10.6 Å². The van der Waals surface area contributed by atoms with Crippen LogP contribution in [0, 0.1) is 5.92 Å². The van der Waals surface area contributed by atoms with Crippen LogP contribution in [0.1, 0.15) is 32.6 Å². The number of imide groups is 2. The summed E-state index contributed by atoms with van der Waals surface area (Å²) in [4.78, 5) is 49.9. The molecule has 1 aromatic rings. The number of rotatable bonds is 3. The first-order valence-corrected chi connectivity index (χ1v) is 8.72. The zero-order chi connectivity index (χ0) is 18.7. The van der Waals surface area contributed by atoms with Gasteiger partial charge in [0.15, 0.2) is 0 Å². The van der Waals surface area contributed by atoms with Gasteiger partial charge in [0, 0.05) is 5.69 Å². The van der Waals surface area contributed by atoms with Crippen molar-refractivity contribution >= 4 is 29.6 Å². The monoisotopic (exact) mass is 358 g/mol. The molecule has 1 aliphatic carbocycles. The molecule has 0 aromatic heterocycles. The van der Waals surface area contributed by atoms with E-state index in [-0.39, 0.29) is 11.8 Å². The maximum absolute atomic E-state index is 12.8. The van der Waals surface area contributed by atoms with Crippen molar-refractivity contribution in [3.05, 3.63) is 30.3 Å². The Morgan fingerprint density at radius 1 is 1.23 bits per heavy atom. The van der Waals surface area contributed by atoms with Gasteiger partial charge in [-0.05, 0) is 30.9 Å². The molecule has 3 rings (SSSR count). The van der Waals surface area contributed by atoms with E-state index < -0.39 is 30.1 Å². The highest BCUT2D eigenvalue weighted by molar-refractivity contribution is 6.10. The SMILES string of the molecule is C[C@H]1CCCC[C@]12NC(=O)N(CC(=O)NC(=O)Nc1ccccc1)C2=O. The Balaban J connectivity index is 1.59. The molecular weight excluding hydrogens is 336 g/mol. The fraction of sp³-hybridized carbons (Fsp3) is 0.444. The Labute approximate surface area is 151 Å². The summed E-state index contributed by atoms with van der Waals surface area (Å²) in [6, 6.07) is 7.35. The maximum atomic E-state index is 12.8. The summed E-state index contributed by atoms with van der Waals surface area (Å²) in [6.45, 7) is 1.45. The third-order valence-electron chi connectivity index (χ3n) is 5.09. The highest BCUT2D eigenvalue weighted by atomic mass is 16.2. The minimum atomic E-state index is -0.915. The number of carbonyl (C=O) groups is 4. The summed E-state index contributed by atoms with van der Waals surface area (Å²) in [5, 5.41) is 7.42. The molecule has 6 amide bonds. The van der Waals surface area contributed by atoms with Crippen LogP contribution in [0.15, 0.2) is 30.3 Å². The van der Waals surface area contributed by atoms with Crippen LogP contribution in [0.25, 0.3) is 0 Å². The van der Waals surface area contributed by atoms with E-state index in [4.69, 9.17) is 0 Å². The quantitative estimate of drug-likeness (QED) is 0.717. The van der Waals surface area contributed by atoms with Crippen molar-refractivity contribution in [3.63, 3.8) is 0 Å². The van der Waals surface area contributed by atoms with Crippen molar-refractivity contribution in [3.8, 4) is 0 Å². The summed E-state index contributed by atoms with van der Waals surface area (Å²) < 4.78 is 0. The van der Waals surface area contributed by atoms with Crippen LogP contribution in [-0.2, 0) is 9.59 Å². The first-order valence-electron chi connectivity index (χ1n) is 8.72. The lowest BCUT2D eigenvalue weighted by molar-refractivity contribution is -0.137. The average Bonchev–Trinajstić information content (AvgIpc) is 2.83. The molecule has 2 fully saturated rings. The molecule has 26 heavy (non-hydrogen) atoms. The van der Waals surface area contributed by atoms with Gasteiger partial charge in [0.2, 0.25) is 5.91 Å². The summed E-state index contributed by atoms with van der Waals surface area (Å²) in [5.41, 5.74) is -0.384. The normalized spacial score (nSPS) is 25.1. The van der Waals surface area contributed by atoms with Crippen molar-refractivity contribution in [2.45, 2.75) is 38.1 Å². The molecule has 1 saturated heterocycles. The zero-order valence-corrected chi connectivity index (χ0v) is 14.6. The summed E-state index contributed by atoms with van der Waals surface area (Å²) >= 11 is 0. The molecule has 1 spiro atoms. The fourth-order valence-corrected chi connectivity index (χ4v) is 3.63. The van der Waals surface area contributed by atoms with Crippen LogP contribution >= 0.6 is 0 Å². The molecule has 138 valence electrons. The molecule has 0 radical (unpaired) electrons. The molecule has 1 saturated carbocycles. The Morgan fingerprint density at radius 3 is 2.65 bits per heavy atom. The molecule has 2 atom stereocenters. The van der Waals surface area contributed by atoms with Gasteiger partial charge in [-0.3, -0.25) is 19.8 Å². The van der Waals surface area contributed by atoms with Gasteiger partial charge in [-0.2, -0.15) is 0 Å². The van der Waals surface area contributed by atoms with Crippen LogP contribution in [0.4, 0.5) is 15.3 Å². The van der Waals surface area contributed by atoms with Crippen molar-refractivity contribution in [2.75, 3.05) is 11.9 Å². The van der Waals surface area contributed by atoms with E-state index in [2.05, 4.69) is 16.0 Å². The number of hydrogen-bond donors (Lipinski definition) is 3. The maximum Gasteiger partial charge on any atom is 0.325 e. The van der Waals surface area contributed by atoms with E-state index in [1.807, 2.05) is 6.92 Å². The molecule has 8 nitrogen and oxygen atoms in total. The minimum Gasteiger partial charge on any atom is -0.323 e. The van der Waals surface area contributed by atoms with Crippen LogP contribution < -0.4 is 16.0 Å². The second-order valence-corrected chi connectivity index (χ2v) is 6.81. The smallest absolute Gasteiger partial charge is 0.323 e. The molecule has 0 unspecified atom stereocenters.